The fraction of sp³-hybridized carbons (Fsp3) is 0.529. The van der Waals surface area contributed by atoms with Crippen molar-refractivity contribution in [2.45, 2.75) is 51.5 Å². The van der Waals surface area contributed by atoms with Crippen LogP contribution < -0.4 is 5.32 Å². The molecule has 1 aromatic carbocycles. The molecular weight excluding hydrogens is 218 g/mol. The highest BCUT2D eigenvalue weighted by Gasteiger charge is 2.11. The summed E-state index contributed by atoms with van der Waals surface area (Å²) in [5.41, 5.74) is 2.95. The molecule has 1 aromatic rings. The van der Waals surface area contributed by atoms with Gasteiger partial charge in [0, 0.05) is 6.04 Å². The summed E-state index contributed by atoms with van der Waals surface area (Å²) in [6, 6.07) is 9.31. The van der Waals surface area contributed by atoms with Gasteiger partial charge in [-0.25, -0.2) is 0 Å². The molecular formula is C17H27N. The Labute approximate surface area is 112 Å². The van der Waals surface area contributed by atoms with Crippen molar-refractivity contribution in [3.63, 3.8) is 0 Å². The molecule has 0 amide bonds. The van der Waals surface area contributed by atoms with Crippen LogP contribution in [0.3, 0.4) is 0 Å². The number of aryl methyl sites for hydroxylation is 1. The van der Waals surface area contributed by atoms with Crippen molar-refractivity contribution in [3.8, 4) is 0 Å². The van der Waals surface area contributed by atoms with E-state index in [-0.39, 0.29) is 0 Å². The molecule has 1 N–H and O–H groups in total. The molecule has 0 saturated carbocycles. The number of hydrogen-bond donors (Lipinski definition) is 1. The molecule has 1 heteroatoms. The van der Waals surface area contributed by atoms with Crippen LogP contribution in [-0.4, -0.2) is 7.05 Å². The molecule has 0 aliphatic carbocycles. The second-order valence-electron chi connectivity index (χ2n) is 4.82. The summed E-state index contributed by atoms with van der Waals surface area (Å²) in [5, 5.41) is 3.46. The first-order chi connectivity index (χ1) is 8.83. The van der Waals surface area contributed by atoms with Crippen molar-refractivity contribution in [2.75, 3.05) is 7.05 Å². The van der Waals surface area contributed by atoms with Crippen LogP contribution >= 0.6 is 0 Å². The molecule has 0 aromatic heterocycles. The lowest BCUT2D eigenvalue weighted by atomic mass is 9.94. The summed E-state index contributed by atoms with van der Waals surface area (Å²) >= 11 is 0. The van der Waals surface area contributed by atoms with Gasteiger partial charge in [0.15, 0.2) is 0 Å². The SMILES string of the molecule is C=CCCCCCC(NC)c1ccccc1CC. The standard InChI is InChI=1S/C17H27N/c1-4-6-7-8-9-14-17(18-3)16-13-11-10-12-15(16)5-2/h4,10-13,17-18H,1,5-9,14H2,2-3H3. The lowest BCUT2D eigenvalue weighted by molar-refractivity contribution is 0.505. The van der Waals surface area contributed by atoms with Crippen LogP contribution in [0.15, 0.2) is 36.9 Å². The predicted octanol–water partition coefficient (Wildman–Crippen LogP) is 4.65. The zero-order valence-electron chi connectivity index (χ0n) is 11.9. The van der Waals surface area contributed by atoms with Gasteiger partial charge in [0.1, 0.15) is 0 Å². The van der Waals surface area contributed by atoms with Gasteiger partial charge in [-0.2, -0.15) is 0 Å². The summed E-state index contributed by atoms with van der Waals surface area (Å²) in [5.74, 6) is 0. The maximum Gasteiger partial charge on any atom is 0.0320 e. The molecule has 0 bridgehead atoms. The van der Waals surface area contributed by atoms with Crippen LogP contribution in [0.2, 0.25) is 0 Å². The zero-order chi connectivity index (χ0) is 13.2. The number of nitrogens with one attached hydrogen (secondary N) is 1. The Hall–Kier alpha value is -1.08. The number of benzene rings is 1. The van der Waals surface area contributed by atoms with Crippen LogP contribution in [0.4, 0.5) is 0 Å². The summed E-state index contributed by atoms with van der Waals surface area (Å²) in [6.07, 6.45) is 9.37. The van der Waals surface area contributed by atoms with Crippen molar-refractivity contribution in [2.24, 2.45) is 0 Å². The summed E-state index contributed by atoms with van der Waals surface area (Å²) in [6.45, 7) is 6.00. The monoisotopic (exact) mass is 245 g/mol. The van der Waals surface area contributed by atoms with Crippen LogP contribution in [-0.2, 0) is 6.42 Å². The van der Waals surface area contributed by atoms with E-state index in [2.05, 4.69) is 50.1 Å². The van der Waals surface area contributed by atoms with Gasteiger partial charge in [-0.1, -0.05) is 50.1 Å². The third-order valence-electron chi connectivity index (χ3n) is 3.56. The van der Waals surface area contributed by atoms with Gasteiger partial charge in [0.25, 0.3) is 0 Å². The number of allylic oxidation sites excluding steroid dienone is 1. The minimum Gasteiger partial charge on any atom is -0.313 e. The Kier molecular flexibility index (Phi) is 7.43. The molecule has 18 heavy (non-hydrogen) atoms. The predicted molar refractivity (Wildman–Crippen MR) is 80.9 cm³/mol. The van der Waals surface area contributed by atoms with E-state index in [0.29, 0.717) is 6.04 Å². The van der Waals surface area contributed by atoms with E-state index in [1.165, 1.54) is 36.8 Å². The topological polar surface area (TPSA) is 12.0 Å². The lowest BCUT2D eigenvalue weighted by Gasteiger charge is -2.19. The van der Waals surface area contributed by atoms with E-state index >= 15 is 0 Å². The van der Waals surface area contributed by atoms with Gasteiger partial charge >= 0.3 is 0 Å². The Bertz CT molecular complexity index is 343. The molecule has 1 rings (SSSR count). The molecule has 0 heterocycles. The third-order valence-corrected chi connectivity index (χ3v) is 3.56. The summed E-state index contributed by atoms with van der Waals surface area (Å²) < 4.78 is 0. The summed E-state index contributed by atoms with van der Waals surface area (Å²) in [4.78, 5) is 0. The second kappa shape index (κ2) is 8.93. The minimum absolute atomic E-state index is 0.505. The van der Waals surface area contributed by atoms with Crippen molar-refractivity contribution in [3.05, 3.63) is 48.0 Å². The molecule has 0 fully saturated rings. The normalized spacial score (nSPS) is 12.3. The fourth-order valence-electron chi connectivity index (χ4n) is 2.47. The second-order valence-corrected chi connectivity index (χ2v) is 4.82. The minimum atomic E-state index is 0.505. The smallest absolute Gasteiger partial charge is 0.0320 e. The van der Waals surface area contributed by atoms with Gasteiger partial charge in [-0.05, 0) is 43.9 Å². The zero-order valence-corrected chi connectivity index (χ0v) is 11.9. The van der Waals surface area contributed by atoms with Crippen molar-refractivity contribution in [1.29, 1.82) is 0 Å². The van der Waals surface area contributed by atoms with E-state index in [4.69, 9.17) is 0 Å². The van der Waals surface area contributed by atoms with Gasteiger partial charge in [0.2, 0.25) is 0 Å². The Morgan fingerprint density at radius 3 is 2.67 bits per heavy atom. The Morgan fingerprint density at radius 1 is 1.22 bits per heavy atom. The van der Waals surface area contributed by atoms with Crippen LogP contribution in [0.1, 0.15) is 56.2 Å². The summed E-state index contributed by atoms with van der Waals surface area (Å²) in [7, 11) is 2.07. The molecule has 1 unspecified atom stereocenters. The van der Waals surface area contributed by atoms with E-state index in [1.807, 2.05) is 6.08 Å². The van der Waals surface area contributed by atoms with Crippen molar-refractivity contribution >= 4 is 0 Å². The van der Waals surface area contributed by atoms with E-state index in [0.717, 1.165) is 12.8 Å². The molecule has 1 nitrogen and oxygen atoms in total. The molecule has 0 aliphatic rings. The van der Waals surface area contributed by atoms with Gasteiger partial charge in [0.05, 0.1) is 0 Å². The highest BCUT2D eigenvalue weighted by molar-refractivity contribution is 5.29. The Morgan fingerprint density at radius 2 is 2.00 bits per heavy atom. The van der Waals surface area contributed by atoms with E-state index in [9.17, 15) is 0 Å². The third kappa shape index (κ3) is 4.66. The molecule has 0 radical (unpaired) electrons. The fourth-order valence-corrected chi connectivity index (χ4v) is 2.47. The maximum absolute atomic E-state index is 3.77. The molecule has 0 saturated heterocycles. The first-order valence-electron chi connectivity index (χ1n) is 7.19. The average Bonchev–Trinajstić information content (AvgIpc) is 2.43. The number of unbranched alkanes of at least 4 members (excludes halogenated alkanes) is 3. The van der Waals surface area contributed by atoms with E-state index in [1.54, 1.807) is 0 Å². The van der Waals surface area contributed by atoms with Crippen molar-refractivity contribution < 1.29 is 0 Å². The average molecular weight is 245 g/mol. The van der Waals surface area contributed by atoms with E-state index < -0.39 is 0 Å². The van der Waals surface area contributed by atoms with Gasteiger partial charge < -0.3 is 5.32 Å². The highest BCUT2D eigenvalue weighted by atomic mass is 14.9. The van der Waals surface area contributed by atoms with Crippen LogP contribution in [0.5, 0.6) is 0 Å². The first kappa shape index (κ1) is 15.0. The van der Waals surface area contributed by atoms with Gasteiger partial charge in [-0.15, -0.1) is 6.58 Å². The largest absolute Gasteiger partial charge is 0.313 e. The Balaban J connectivity index is 2.51. The lowest BCUT2D eigenvalue weighted by Crippen LogP contribution is -2.17. The van der Waals surface area contributed by atoms with Gasteiger partial charge in [-0.3, -0.25) is 0 Å². The molecule has 0 spiro atoms. The molecule has 1 atom stereocenters. The maximum atomic E-state index is 3.77. The molecule has 0 aliphatic heterocycles. The molecule has 100 valence electrons. The van der Waals surface area contributed by atoms with Crippen LogP contribution in [0, 0.1) is 0 Å². The number of rotatable bonds is 9. The highest BCUT2D eigenvalue weighted by Crippen LogP contribution is 2.23. The quantitative estimate of drug-likeness (QED) is 0.493. The van der Waals surface area contributed by atoms with Crippen LogP contribution in [0.25, 0.3) is 0 Å². The number of hydrogen-bond acceptors (Lipinski definition) is 1. The first-order valence-corrected chi connectivity index (χ1v) is 7.19. The van der Waals surface area contributed by atoms with Crippen molar-refractivity contribution in [1.82, 2.24) is 5.32 Å².